The molecule has 0 amide bonds. The van der Waals surface area contributed by atoms with Gasteiger partial charge in [-0.15, -0.1) is 0 Å². The molecule has 0 bridgehead atoms. The van der Waals surface area contributed by atoms with Gasteiger partial charge in [0.25, 0.3) is 0 Å². The van der Waals surface area contributed by atoms with Crippen molar-refractivity contribution in [3.63, 3.8) is 0 Å². The van der Waals surface area contributed by atoms with Crippen LogP contribution < -0.4 is 0 Å². The topological polar surface area (TPSA) is 27.1 Å². The van der Waals surface area contributed by atoms with E-state index >= 15 is 0 Å². The minimum absolute atomic E-state index is 0.207. The Hall–Kier alpha value is -2.46. The van der Waals surface area contributed by atoms with E-state index in [1.165, 1.54) is 0 Å². The van der Waals surface area contributed by atoms with Crippen LogP contribution in [-0.4, -0.2) is 22.8 Å². The van der Waals surface area contributed by atoms with Crippen LogP contribution in [-0.2, 0) is 11.3 Å². The van der Waals surface area contributed by atoms with Crippen molar-refractivity contribution >= 4 is 0 Å². The lowest BCUT2D eigenvalue weighted by Crippen LogP contribution is -2.20. The Kier molecular flexibility index (Phi) is 4.85. The van der Waals surface area contributed by atoms with Crippen molar-refractivity contribution in [1.82, 2.24) is 9.55 Å². The molecule has 134 valence electrons. The Morgan fingerprint density at radius 3 is 2.65 bits per heavy atom. The van der Waals surface area contributed by atoms with Gasteiger partial charge in [-0.25, -0.2) is 9.37 Å². The number of halogens is 1. The molecule has 3 nitrogen and oxygen atoms in total. The first-order chi connectivity index (χ1) is 12.7. The van der Waals surface area contributed by atoms with Crippen LogP contribution in [0.15, 0.2) is 54.9 Å². The highest BCUT2D eigenvalue weighted by atomic mass is 19.1. The van der Waals surface area contributed by atoms with E-state index in [1.807, 2.05) is 49.6 Å². The number of aryl methyl sites for hydroxylation is 1. The molecule has 0 unspecified atom stereocenters. The highest BCUT2D eigenvalue weighted by Gasteiger charge is 2.21. The van der Waals surface area contributed by atoms with Crippen LogP contribution in [0.25, 0.3) is 22.5 Å². The van der Waals surface area contributed by atoms with Crippen molar-refractivity contribution in [3.05, 3.63) is 66.2 Å². The van der Waals surface area contributed by atoms with Gasteiger partial charge in [-0.1, -0.05) is 42.0 Å². The first kappa shape index (κ1) is 17.0. The molecular formula is C22H23FN2O. The Balaban J connectivity index is 1.82. The molecule has 3 aromatic rings. The zero-order valence-electron chi connectivity index (χ0n) is 15.0. The summed E-state index contributed by atoms with van der Waals surface area (Å²) in [5.74, 6) is 0.328. The van der Waals surface area contributed by atoms with Gasteiger partial charge in [-0.3, -0.25) is 0 Å². The number of imidazole rings is 1. The average Bonchev–Trinajstić information content (AvgIpc) is 3.08. The fourth-order valence-electron chi connectivity index (χ4n) is 3.64. The van der Waals surface area contributed by atoms with E-state index < -0.39 is 0 Å². The lowest BCUT2D eigenvalue weighted by Gasteiger charge is -2.23. The van der Waals surface area contributed by atoms with E-state index in [0.29, 0.717) is 11.5 Å². The smallest absolute Gasteiger partial charge is 0.132 e. The number of ether oxygens (including phenoxy) is 1. The van der Waals surface area contributed by atoms with Crippen LogP contribution in [0.2, 0.25) is 0 Å². The van der Waals surface area contributed by atoms with Gasteiger partial charge in [0.2, 0.25) is 0 Å². The fourth-order valence-corrected chi connectivity index (χ4v) is 3.64. The lowest BCUT2D eigenvalue weighted by atomic mass is 9.99. The Labute approximate surface area is 153 Å². The second-order valence-corrected chi connectivity index (χ2v) is 7.00. The summed E-state index contributed by atoms with van der Waals surface area (Å²) in [7, 11) is 0. The maximum atomic E-state index is 14.7. The number of hydrogen-bond acceptors (Lipinski definition) is 2. The van der Waals surface area contributed by atoms with Gasteiger partial charge in [0, 0.05) is 30.9 Å². The van der Waals surface area contributed by atoms with E-state index in [4.69, 9.17) is 4.74 Å². The van der Waals surface area contributed by atoms with Gasteiger partial charge in [-0.2, -0.15) is 0 Å². The maximum absolute atomic E-state index is 14.7. The standard InChI is InChI=1S/C22H23FN2O/c1-16-7-8-20(23)19(13-16)22-21(18-5-3-2-4-6-18)24-15-25(22)14-17-9-11-26-12-10-17/h2-8,13,15,17H,9-12,14H2,1H3. The molecule has 2 heterocycles. The lowest BCUT2D eigenvalue weighted by molar-refractivity contribution is 0.0614. The predicted molar refractivity (Wildman–Crippen MR) is 101 cm³/mol. The van der Waals surface area contributed by atoms with Gasteiger partial charge in [0.05, 0.1) is 17.7 Å². The van der Waals surface area contributed by atoms with Crippen molar-refractivity contribution in [2.24, 2.45) is 5.92 Å². The van der Waals surface area contributed by atoms with Crippen molar-refractivity contribution in [3.8, 4) is 22.5 Å². The van der Waals surface area contributed by atoms with E-state index in [2.05, 4.69) is 9.55 Å². The predicted octanol–water partition coefficient (Wildman–Crippen LogP) is 5.09. The van der Waals surface area contributed by atoms with Crippen LogP contribution >= 0.6 is 0 Å². The zero-order chi connectivity index (χ0) is 17.9. The van der Waals surface area contributed by atoms with Gasteiger partial charge in [0.1, 0.15) is 5.82 Å². The van der Waals surface area contributed by atoms with Crippen molar-refractivity contribution in [2.75, 3.05) is 13.2 Å². The molecule has 1 saturated heterocycles. The molecule has 0 N–H and O–H groups in total. The van der Waals surface area contributed by atoms with E-state index in [1.54, 1.807) is 12.1 Å². The Morgan fingerprint density at radius 1 is 1.12 bits per heavy atom. The monoisotopic (exact) mass is 350 g/mol. The molecule has 2 aromatic carbocycles. The van der Waals surface area contributed by atoms with Gasteiger partial charge >= 0.3 is 0 Å². The Morgan fingerprint density at radius 2 is 1.88 bits per heavy atom. The van der Waals surface area contributed by atoms with Crippen LogP contribution in [0.3, 0.4) is 0 Å². The maximum Gasteiger partial charge on any atom is 0.132 e. The molecule has 0 atom stereocenters. The summed E-state index contributed by atoms with van der Waals surface area (Å²) in [4.78, 5) is 4.66. The first-order valence-electron chi connectivity index (χ1n) is 9.17. The summed E-state index contributed by atoms with van der Waals surface area (Å²) < 4.78 is 22.3. The van der Waals surface area contributed by atoms with Crippen LogP contribution in [0, 0.1) is 18.7 Å². The Bertz CT molecular complexity index is 882. The van der Waals surface area contributed by atoms with Crippen molar-refractivity contribution in [1.29, 1.82) is 0 Å². The average molecular weight is 350 g/mol. The second kappa shape index (κ2) is 7.42. The molecule has 4 rings (SSSR count). The first-order valence-corrected chi connectivity index (χ1v) is 9.17. The summed E-state index contributed by atoms with van der Waals surface area (Å²) in [6, 6.07) is 15.3. The number of nitrogens with zero attached hydrogens (tertiary/aromatic N) is 2. The fraction of sp³-hybridized carbons (Fsp3) is 0.318. The SMILES string of the molecule is Cc1ccc(F)c(-c2c(-c3ccccc3)ncn2CC2CCOCC2)c1. The van der Waals surface area contributed by atoms with Crippen LogP contribution in [0.4, 0.5) is 4.39 Å². The minimum atomic E-state index is -0.207. The number of benzene rings is 2. The van der Waals surface area contributed by atoms with Crippen molar-refractivity contribution in [2.45, 2.75) is 26.3 Å². The summed E-state index contributed by atoms with van der Waals surface area (Å²) in [5.41, 5.74) is 4.37. The molecule has 0 radical (unpaired) electrons. The zero-order valence-corrected chi connectivity index (χ0v) is 15.0. The summed E-state index contributed by atoms with van der Waals surface area (Å²) >= 11 is 0. The molecule has 1 fully saturated rings. The highest BCUT2D eigenvalue weighted by Crippen LogP contribution is 2.34. The van der Waals surface area contributed by atoms with Gasteiger partial charge in [0.15, 0.2) is 0 Å². The number of aromatic nitrogens is 2. The molecule has 0 spiro atoms. The third kappa shape index (κ3) is 3.42. The van der Waals surface area contributed by atoms with E-state index in [-0.39, 0.29) is 5.82 Å². The number of hydrogen-bond donors (Lipinski definition) is 0. The minimum Gasteiger partial charge on any atom is -0.381 e. The second-order valence-electron chi connectivity index (χ2n) is 7.00. The molecule has 0 aliphatic carbocycles. The number of rotatable bonds is 4. The third-order valence-corrected chi connectivity index (χ3v) is 5.06. The highest BCUT2D eigenvalue weighted by molar-refractivity contribution is 5.79. The van der Waals surface area contributed by atoms with Crippen molar-refractivity contribution < 1.29 is 9.13 Å². The van der Waals surface area contributed by atoms with Gasteiger partial charge in [-0.05, 0) is 37.8 Å². The molecule has 0 saturated carbocycles. The van der Waals surface area contributed by atoms with Crippen LogP contribution in [0.5, 0.6) is 0 Å². The van der Waals surface area contributed by atoms with Crippen LogP contribution in [0.1, 0.15) is 18.4 Å². The van der Waals surface area contributed by atoms with E-state index in [0.717, 1.165) is 55.1 Å². The largest absolute Gasteiger partial charge is 0.381 e. The summed E-state index contributed by atoms with van der Waals surface area (Å²) in [5, 5.41) is 0. The molecule has 26 heavy (non-hydrogen) atoms. The summed E-state index contributed by atoms with van der Waals surface area (Å²) in [6.07, 6.45) is 3.93. The molecule has 1 aliphatic rings. The summed E-state index contributed by atoms with van der Waals surface area (Å²) in [6.45, 7) is 4.44. The van der Waals surface area contributed by atoms with Gasteiger partial charge < -0.3 is 9.30 Å². The third-order valence-electron chi connectivity index (χ3n) is 5.06. The molecule has 4 heteroatoms. The molecule has 1 aliphatic heterocycles. The quantitative estimate of drug-likeness (QED) is 0.655. The molecular weight excluding hydrogens is 327 g/mol. The normalized spacial score (nSPS) is 15.3. The van der Waals surface area contributed by atoms with E-state index in [9.17, 15) is 4.39 Å². The molecule has 1 aromatic heterocycles.